The van der Waals surface area contributed by atoms with Crippen molar-refractivity contribution >= 4 is 48.9 Å². The maximum Gasteiger partial charge on any atom is 0.339 e. The Kier molecular flexibility index (Phi) is 6.95. The lowest BCUT2D eigenvalue weighted by Gasteiger charge is -2.09. The molecule has 0 aliphatic heterocycles. The molecule has 1 amide bonds. The summed E-state index contributed by atoms with van der Waals surface area (Å²) in [7, 11) is -2.53. The van der Waals surface area contributed by atoms with Crippen molar-refractivity contribution in [1.82, 2.24) is 5.43 Å². The van der Waals surface area contributed by atoms with Gasteiger partial charge in [0, 0.05) is 5.56 Å². The van der Waals surface area contributed by atoms with Gasteiger partial charge in [-0.05, 0) is 86.9 Å². The highest BCUT2D eigenvalue weighted by Gasteiger charge is 2.18. The number of nitrogens with one attached hydrogen (secondary N) is 1. The normalized spacial score (nSPS) is 11.5. The van der Waals surface area contributed by atoms with Crippen LogP contribution in [0.15, 0.2) is 99.4 Å². The first kappa shape index (κ1) is 23.5. The lowest BCUT2D eigenvalue weighted by atomic mass is 10.1. The average Bonchev–Trinajstić information content (AvgIpc) is 2.85. The molecule has 4 rings (SSSR count). The van der Waals surface area contributed by atoms with Crippen LogP contribution in [0.25, 0.3) is 10.8 Å². The Morgan fingerprint density at radius 3 is 2.38 bits per heavy atom. The first-order chi connectivity index (χ1) is 16.4. The molecule has 0 aromatic heterocycles. The molecule has 4 aromatic rings. The number of rotatable bonds is 7. The summed E-state index contributed by atoms with van der Waals surface area (Å²) in [5.74, 6) is 0.316. The monoisotopic (exact) mass is 538 g/mol. The maximum atomic E-state index is 12.5. The molecule has 0 atom stereocenters. The van der Waals surface area contributed by atoms with Crippen molar-refractivity contribution < 1.29 is 22.1 Å². The Morgan fingerprint density at radius 2 is 1.68 bits per heavy atom. The zero-order chi connectivity index (χ0) is 24.1. The topological polar surface area (TPSA) is 94.1 Å². The number of amides is 1. The van der Waals surface area contributed by atoms with Gasteiger partial charge < -0.3 is 8.92 Å². The Hall–Kier alpha value is -3.69. The lowest BCUT2D eigenvalue weighted by Crippen LogP contribution is -2.17. The molecule has 1 N–H and O–H groups in total. The molecule has 0 aliphatic rings. The zero-order valence-electron chi connectivity index (χ0n) is 17.9. The summed E-state index contributed by atoms with van der Waals surface area (Å²) in [4.78, 5) is 12.4. The van der Waals surface area contributed by atoms with E-state index in [1.165, 1.54) is 43.7 Å². The molecule has 0 radical (unpaired) electrons. The summed E-state index contributed by atoms with van der Waals surface area (Å²) in [6.45, 7) is 0. The number of ether oxygens (including phenoxy) is 1. The number of hydrogen-bond donors (Lipinski definition) is 1. The van der Waals surface area contributed by atoms with Gasteiger partial charge in [-0.25, -0.2) is 5.43 Å². The predicted octanol–water partition coefficient (Wildman–Crippen LogP) is 5.14. The molecular formula is C25H19BrN2O5S. The van der Waals surface area contributed by atoms with E-state index in [2.05, 4.69) is 26.5 Å². The molecule has 0 spiro atoms. The number of carbonyl (C=O) groups excluding carboxylic acids is 1. The largest absolute Gasteiger partial charge is 0.497 e. The van der Waals surface area contributed by atoms with Gasteiger partial charge in [0.05, 0.1) is 17.8 Å². The van der Waals surface area contributed by atoms with Gasteiger partial charge in [0.15, 0.2) is 5.75 Å². The van der Waals surface area contributed by atoms with E-state index in [9.17, 15) is 13.2 Å². The molecule has 4 aromatic carbocycles. The highest BCUT2D eigenvalue weighted by molar-refractivity contribution is 9.10. The third-order valence-electron chi connectivity index (χ3n) is 4.89. The molecule has 0 bridgehead atoms. The summed E-state index contributed by atoms with van der Waals surface area (Å²) in [6.07, 6.45) is 1.45. The summed E-state index contributed by atoms with van der Waals surface area (Å²) in [5.41, 5.74) is 3.61. The molecule has 7 nitrogen and oxygen atoms in total. The minimum absolute atomic E-state index is 0.00208. The highest BCUT2D eigenvalue weighted by atomic mass is 79.9. The Morgan fingerprint density at radius 1 is 0.941 bits per heavy atom. The third-order valence-corrected chi connectivity index (χ3v) is 6.76. The molecule has 34 heavy (non-hydrogen) atoms. The van der Waals surface area contributed by atoms with Gasteiger partial charge in [-0.3, -0.25) is 4.79 Å². The molecule has 0 fully saturated rings. The number of fused-ring (bicyclic) bond motifs is 1. The predicted molar refractivity (Wildman–Crippen MR) is 134 cm³/mol. The van der Waals surface area contributed by atoms with Crippen molar-refractivity contribution in [3.63, 3.8) is 0 Å². The SMILES string of the molecule is COc1ccc(S(=O)(=O)Oc2ccc(/C=N\NC(=O)c3ccc4ccccc4c3)cc2Br)cc1. The van der Waals surface area contributed by atoms with Crippen LogP contribution >= 0.6 is 15.9 Å². The molecule has 0 heterocycles. The smallest absolute Gasteiger partial charge is 0.339 e. The van der Waals surface area contributed by atoms with Gasteiger partial charge >= 0.3 is 10.1 Å². The van der Waals surface area contributed by atoms with Crippen LogP contribution in [0, 0.1) is 0 Å². The van der Waals surface area contributed by atoms with Crippen molar-refractivity contribution in [1.29, 1.82) is 0 Å². The minimum atomic E-state index is -4.02. The van der Waals surface area contributed by atoms with E-state index in [4.69, 9.17) is 8.92 Å². The van der Waals surface area contributed by atoms with Crippen molar-refractivity contribution in [2.75, 3.05) is 7.11 Å². The number of nitrogens with zero attached hydrogens (tertiary/aromatic N) is 1. The van der Waals surface area contributed by atoms with Crippen LogP contribution in [0.2, 0.25) is 0 Å². The Balaban J connectivity index is 1.42. The third kappa shape index (κ3) is 5.44. The standard InChI is InChI=1S/C25H19BrN2O5S/c1-32-21-9-11-22(12-10-21)34(30,31)33-24-13-6-17(14-23(24)26)16-27-28-25(29)20-8-7-18-4-2-3-5-19(18)15-20/h2-16H,1H3,(H,28,29)/b27-16-. The first-order valence-electron chi connectivity index (χ1n) is 10.1. The highest BCUT2D eigenvalue weighted by Crippen LogP contribution is 2.29. The average molecular weight is 539 g/mol. The lowest BCUT2D eigenvalue weighted by molar-refractivity contribution is 0.0955. The maximum absolute atomic E-state index is 12.5. The fraction of sp³-hybridized carbons (Fsp3) is 0.0400. The molecule has 172 valence electrons. The minimum Gasteiger partial charge on any atom is -0.497 e. The molecule has 0 unspecified atom stereocenters. The number of hydrazone groups is 1. The van der Waals surface area contributed by atoms with E-state index in [0.717, 1.165) is 10.8 Å². The second-order valence-electron chi connectivity index (χ2n) is 7.16. The molecule has 0 saturated heterocycles. The van der Waals surface area contributed by atoms with E-state index in [0.29, 0.717) is 21.3 Å². The van der Waals surface area contributed by atoms with Crippen molar-refractivity contribution in [3.05, 3.63) is 101 Å². The Labute approximate surface area is 205 Å². The molecule has 0 aliphatic carbocycles. The van der Waals surface area contributed by atoms with Crippen LogP contribution in [0.4, 0.5) is 0 Å². The van der Waals surface area contributed by atoms with Gasteiger partial charge in [0.2, 0.25) is 0 Å². The summed E-state index contributed by atoms with van der Waals surface area (Å²) in [6, 6.07) is 23.8. The summed E-state index contributed by atoms with van der Waals surface area (Å²) >= 11 is 3.32. The van der Waals surface area contributed by atoms with Crippen LogP contribution in [0.1, 0.15) is 15.9 Å². The second kappa shape index (κ2) is 10.1. The number of methoxy groups -OCH3 is 1. The summed E-state index contributed by atoms with van der Waals surface area (Å²) < 4.78 is 35.8. The fourth-order valence-electron chi connectivity index (χ4n) is 3.13. The van der Waals surface area contributed by atoms with Crippen LogP contribution < -0.4 is 14.3 Å². The van der Waals surface area contributed by atoms with Gasteiger partial charge in [0.1, 0.15) is 10.6 Å². The fourth-order valence-corrected chi connectivity index (χ4v) is 4.67. The van der Waals surface area contributed by atoms with Crippen molar-refractivity contribution in [3.8, 4) is 11.5 Å². The van der Waals surface area contributed by atoms with Crippen LogP contribution in [0.5, 0.6) is 11.5 Å². The summed E-state index contributed by atoms with van der Waals surface area (Å²) in [5, 5.41) is 6.00. The van der Waals surface area contributed by atoms with E-state index in [1.54, 1.807) is 24.3 Å². The van der Waals surface area contributed by atoms with Crippen LogP contribution in [0.3, 0.4) is 0 Å². The van der Waals surface area contributed by atoms with Crippen molar-refractivity contribution in [2.24, 2.45) is 5.10 Å². The van der Waals surface area contributed by atoms with E-state index in [-0.39, 0.29) is 16.6 Å². The van der Waals surface area contributed by atoms with E-state index >= 15 is 0 Å². The van der Waals surface area contributed by atoms with Crippen molar-refractivity contribution in [2.45, 2.75) is 4.90 Å². The van der Waals surface area contributed by atoms with Gasteiger partial charge in [-0.2, -0.15) is 13.5 Å². The first-order valence-corrected chi connectivity index (χ1v) is 12.3. The Bertz CT molecular complexity index is 1490. The number of halogens is 1. The second-order valence-corrected chi connectivity index (χ2v) is 9.56. The van der Waals surface area contributed by atoms with E-state index < -0.39 is 10.1 Å². The number of hydrogen-bond acceptors (Lipinski definition) is 6. The van der Waals surface area contributed by atoms with Gasteiger partial charge in [0.25, 0.3) is 5.91 Å². The van der Waals surface area contributed by atoms with Gasteiger partial charge in [-0.15, -0.1) is 0 Å². The zero-order valence-corrected chi connectivity index (χ0v) is 20.3. The molecule has 9 heteroatoms. The van der Waals surface area contributed by atoms with Gasteiger partial charge in [-0.1, -0.05) is 30.3 Å². The van der Waals surface area contributed by atoms with Crippen LogP contribution in [-0.4, -0.2) is 27.6 Å². The van der Waals surface area contributed by atoms with Crippen LogP contribution in [-0.2, 0) is 10.1 Å². The quantitative estimate of drug-likeness (QED) is 0.199. The van der Waals surface area contributed by atoms with E-state index in [1.807, 2.05) is 30.3 Å². The number of benzene rings is 4. The molecular weight excluding hydrogens is 520 g/mol. The molecule has 0 saturated carbocycles. The number of carbonyl (C=O) groups is 1.